The van der Waals surface area contributed by atoms with Gasteiger partial charge in [-0.25, -0.2) is 0 Å². The highest BCUT2D eigenvalue weighted by Crippen LogP contribution is 2.24. The van der Waals surface area contributed by atoms with E-state index in [0.29, 0.717) is 43.7 Å². The summed E-state index contributed by atoms with van der Waals surface area (Å²) in [5, 5.41) is 27.4. The van der Waals surface area contributed by atoms with Crippen LogP contribution in [0.4, 0.5) is 0 Å². The van der Waals surface area contributed by atoms with Crippen LogP contribution in [0.25, 0.3) is 11.7 Å². The minimum Gasteiger partial charge on any atom is -0.494 e. The number of hydrogen-bond acceptors (Lipinski definition) is 6. The zero-order valence-electron chi connectivity index (χ0n) is 18.3. The van der Waals surface area contributed by atoms with E-state index in [1.165, 1.54) is 16.8 Å². The molecule has 2 fully saturated rings. The Balaban J connectivity index is 1.72. The lowest BCUT2D eigenvalue weighted by Crippen LogP contribution is -2.39. The zero-order chi connectivity index (χ0) is 23.0. The van der Waals surface area contributed by atoms with Gasteiger partial charge in [0.1, 0.15) is 5.65 Å². The van der Waals surface area contributed by atoms with E-state index in [4.69, 9.17) is 0 Å². The van der Waals surface area contributed by atoms with Crippen LogP contribution >= 0.6 is 0 Å². The number of aliphatic hydroxyl groups excluding tert-OH is 1. The number of carbonyl (C=O) groups is 2. The molecule has 1 saturated heterocycles. The predicted octanol–water partition coefficient (Wildman–Crippen LogP) is 0.746. The van der Waals surface area contributed by atoms with Gasteiger partial charge < -0.3 is 20.4 Å². The third-order valence-electron chi connectivity index (χ3n) is 5.78. The maximum absolute atomic E-state index is 13.0. The number of aromatic hydroxyl groups is 1. The van der Waals surface area contributed by atoms with Crippen molar-refractivity contribution in [2.45, 2.75) is 58.2 Å². The number of nitrogens with zero attached hydrogens (tertiary/aromatic N) is 4. The number of rotatable bonds is 6. The first kappa shape index (κ1) is 22.1. The first-order valence-electron chi connectivity index (χ1n) is 11.1. The van der Waals surface area contributed by atoms with Gasteiger partial charge >= 0.3 is 0 Å². The second-order valence-electron chi connectivity index (χ2n) is 8.98. The molecule has 2 aromatic heterocycles. The van der Waals surface area contributed by atoms with E-state index in [1.54, 1.807) is 11.0 Å². The highest BCUT2D eigenvalue weighted by molar-refractivity contribution is 5.97. The standard InChI is InChI=1S/C22H29N5O5/c1-13(2)12-26-20-14(3-6-17(29)25-9-7-16(28)8-10-25)11-23-27(20)22(32)18(21(26)31)19(30)24-15-4-5-15/h3,6,11,13,15-16,28,31H,4-5,7-10,12H2,1-2H3,(H,24,30)/b6-3+. The topological polar surface area (TPSA) is 129 Å². The third kappa shape index (κ3) is 4.40. The van der Waals surface area contributed by atoms with Crippen molar-refractivity contribution in [3.8, 4) is 5.88 Å². The normalized spacial score (nSPS) is 17.6. The molecule has 0 spiro atoms. The van der Waals surface area contributed by atoms with Gasteiger partial charge in [-0.3, -0.25) is 19.0 Å². The molecule has 3 heterocycles. The number of nitrogens with one attached hydrogen (secondary N) is 1. The maximum atomic E-state index is 13.0. The van der Waals surface area contributed by atoms with Crippen LogP contribution in [0.5, 0.6) is 5.88 Å². The molecule has 0 atom stereocenters. The summed E-state index contributed by atoms with van der Waals surface area (Å²) in [5.41, 5.74) is -0.224. The number of carbonyl (C=O) groups excluding carboxylic acids is 2. The molecule has 1 aliphatic heterocycles. The summed E-state index contributed by atoms with van der Waals surface area (Å²) in [6.07, 6.45) is 6.85. The Morgan fingerprint density at radius 2 is 1.94 bits per heavy atom. The Labute approximate surface area is 185 Å². The Morgan fingerprint density at radius 1 is 1.25 bits per heavy atom. The number of amides is 2. The van der Waals surface area contributed by atoms with E-state index < -0.39 is 17.3 Å². The minimum atomic E-state index is -0.702. The van der Waals surface area contributed by atoms with E-state index in [9.17, 15) is 24.6 Å². The van der Waals surface area contributed by atoms with Crippen molar-refractivity contribution >= 4 is 23.5 Å². The lowest BCUT2D eigenvalue weighted by atomic mass is 10.1. The van der Waals surface area contributed by atoms with Crippen LogP contribution in [0, 0.1) is 5.92 Å². The molecule has 32 heavy (non-hydrogen) atoms. The van der Waals surface area contributed by atoms with Gasteiger partial charge in [0, 0.05) is 37.3 Å². The van der Waals surface area contributed by atoms with Crippen LogP contribution in [-0.2, 0) is 11.3 Å². The van der Waals surface area contributed by atoms with Crippen LogP contribution in [0.1, 0.15) is 55.5 Å². The number of fused-ring (bicyclic) bond motifs is 1. The molecule has 10 nitrogen and oxygen atoms in total. The molecule has 0 aromatic carbocycles. The second kappa shape index (κ2) is 8.78. The van der Waals surface area contributed by atoms with Gasteiger partial charge in [0.2, 0.25) is 11.8 Å². The van der Waals surface area contributed by atoms with E-state index in [0.717, 1.165) is 17.4 Å². The SMILES string of the molecule is CC(C)Cn1c(O)c(C(=O)NC2CC2)c(=O)n2ncc(/C=C/C(=O)N3CCC(O)CC3)c12. The fraction of sp³-hybridized carbons (Fsp3) is 0.545. The molecule has 2 amide bonds. The number of piperidine rings is 1. The molecule has 3 N–H and O–H groups in total. The van der Waals surface area contributed by atoms with Crippen molar-refractivity contribution in [3.05, 3.63) is 33.8 Å². The first-order valence-corrected chi connectivity index (χ1v) is 11.1. The van der Waals surface area contributed by atoms with Gasteiger partial charge in [0.05, 0.1) is 12.3 Å². The Hall–Kier alpha value is -3.14. The summed E-state index contributed by atoms with van der Waals surface area (Å²) >= 11 is 0. The predicted molar refractivity (Wildman–Crippen MR) is 117 cm³/mol. The smallest absolute Gasteiger partial charge is 0.291 e. The molecule has 2 aliphatic rings. The molecule has 10 heteroatoms. The molecule has 4 rings (SSSR count). The van der Waals surface area contributed by atoms with Gasteiger partial charge in [-0.2, -0.15) is 9.61 Å². The van der Waals surface area contributed by atoms with Gasteiger partial charge in [-0.05, 0) is 37.7 Å². The van der Waals surface area contributed by atoms with Gasteiger partial charge in [-0.1, -0.05) is 13.8 Å². The molecular formula is C22H29N5O5. The van der Waals surface area contributed by atoms with Crippen molar-refractivity contribution in [1.29, 1.82) is 0 Å². The van der Waals surface area contributed by atoms with E-state index >= 15 is 0 Å². The Bertz CT molecular complexity index is 1120. The van der Waals surface area contributed by atoms with Gasteiger partial charge in [0.25, 0.3) is 11.5 Å². The molecular weight excluding hydrogens is 414 g/mol. The summed E-state index contributed by atoms with van der Waals surface area (Å²) in [4.78, 5) is 39.8. The quantitative estimate of drug-likeness (QED) is 0.565. The largest absolute Gasteiger partial charge is 0.494 e. The average Bonchev–Trinajstić information content (AvgIpc) is 3.45. The Kier molecular flexibility index (Phi) is 6.05. The fourth-order valence-corrected chi connectivity index (χ4v) is 3.90. The van der Waals surface area contributed by atoms with Gasteiger partial charge in [-0.15, -0.1) is 0 Å². The van der Waals surface area contributed by atoms with Crippen LogP contribution in [0.15, 0.2) is 17.1 Å². The van der Waals surface area contributed by atoms with Crippen LogP contribution in [-0.4, -0.2) is 66.3 Å². The summed E-state index contributed by atoms with van der Waals surface area (Å²) < 4.78 is 2.60. The Morgan fingerprint density at radius 3 is 2.56 bits per heavy atom. The lowest BCUT2D eigenvalue weighted by molar-refractivity contribution is -0.127. The van der Waals surface area contributed by atoms with E-state index in [-0.39, 0.29) is 29.5 Å². The number of aliphatic hydroxyl groups is 1. The summed E-state index contributed by atoms with van der Waals surface area (Å²) in [6, 6.07) is 0.0357. The van der Waals surface area contributed by atoms with E-state index in [1.807, 2.05) is 13.8 Å². The maximum Gasteiger partial charge on any atom is 0.291 e. The number of aromatic nitrogens is 3. The van der Waals surface area contributed by atoms with Crippen LogP contribution in [0.3, 0.4) is 0 Å². The van der Waals surface area contributed by atoms with Crippen LogP contribution < -0.4 is 10.9 Å². The number of hydrogen-bond donors (Lipinski definition) is 3. The molecule has 1 saturated carbocycles. The molecule has 1 aliphatic carbocycles. The highest BCUT2D eigenvalue weighted by Gasteiger charge is 2.30. The average molecular weight is 444 g/mol. The monoisotopic (exact) mass is 443 g/mol. The fourth-order valence-electron chi connectivity index (χ4n) is 3.90. The highest BCUT2D eigenvalue weighted by atomic mass is 16.3. The second-order valence-corrected chi connectivity index (χ2v) is 8.98. The summed E-state index contributed by atoms with van der Waals surface area (Å²) in [7, 11) is 0. The van der Waals surface area contributed by atoms with Gasteiger partial charge in [0.15, 0.2) is 5.56 Å². The van der Waals surface area contributed by atoms with Crippen molar-refractivity contribution in [1.82, 2.24) is 24.4 Å². The van der Waals surface area contributed by atoms with E-state index in [2.05, 4.69) is 10.4 Å². The molecule has 172 valence electrons. The molecule has 0 radical (unpaired) electrons. The van der Waals surface area contributed by atoms with Crippen molar-refractivity contribution in [3.63, 3.8) is 0 Å². The number of likely N-dealkylation sites (tertiary alicyclic amines) is 1. The summed E-state index contributed by atoms with van der Waals surface area (Å²) in [5.74, 6) is -1.09. The molecule has 2 aromatic rings. The third-order valence-corrected chi connectivity index (χ3v) is 5.78. The van der Waals surface area contributed by atoms with Crippen molar-refractivity contribution in [2.24, 2.45) is 5.92 Å². The minimum absolute atomic E-state index is 0.0357. The van der Waals surface area contributed by atoms with Crippen molar-refractivity contribution in [2.75, 3.05) is 13.1 Å². The lowest BCUT2D eigenvalue weighted by Gasteiger charge is -2.28. The van der Waals surface area contributed by atoms with Crippen LogP contribution in [0.2, 0.25) is 0 Å². The summed E-state index contributed by atoms with van der Waals surface area (Å²) in [6.45, 7) is 5.23. The first-order chi connectivity index (χ1) is 15.3. The van der Waals surface area contributed by atoms with Crippen molar-refractivity contribution < 1.29 is 19.8 Å². The molecule has 0 unspecified atom stereocenters. The molecule has 0 bridgehead atoms. The zero-order valence-corrected chi connectivity index (χ0v) is 18.3.